The normalized spacial score (nSPS) is 14.7. The second-order valence-corrected chi connectivity index (χ2v) is 6.87. The van der Waals surface area contributed by atoms with Crippen LogP contribution in [0.5, 0.6) is 0 Å². The third kappa shape index (κ3) is 3.09. The Morgan fingerprint density at radius 2 is 0.778 bits per heavy atom. The first kappa shape index (κ1) is 17.3. The van der Waals surface area contributed by atoms with E-state index in [2.05, 4.69) is 9.24 Å². The van der Waals surface area contributed by atoms with Crippen molar-refractivity contribution in [2.45, 2.75) is 0 Å². The fourth-order valence-corrected chi connectivity index (χ4v) is 3.82. The number of Topliss-reactive ketones (excluding diaryl/α,β-unsaturated/α-hetero) is 2. The molecule has 1 unspecified atom stereocenters. The van der Waals surface area contributed by atoms with Gasteiger partial charge >= 0.3 is 0 Å². The van der Waals surface area contributed by atoms with Gasteiger partial charge in [-0.25, -0.2) is 0 Å². The van der Waals surface area contributed by atoms with Crippen molar-refractivity contribution in [1.82, 2.24) is 0 Å². The van der Waals surface area contributed by atoms with Crippen LogP contribution in [0.4, 0.5) is 0 Å². The van der Waals surface area contributed by atoms with Crippen molar-refractivity contribution in [3.63, 3.8) is 0 Å². The molecule has 0 radical (unpaired) electrons. The van der Waals surface area contributed by atoms with Gasteiger partial charge in [0.2, 0.25) is 0 Å². The minimum Gasteiger partial charge on any atom is -0.289 e. The highest BCUT2D eigenvalue weighted by Gasteiger charge is 2.34. The molecule has 0 amide bonds. The number of allylic oxidation sites excluding steroid dienone is 4. The van der Waals surface area contributed by atoms with E-state index >= 15 is 0 Å². The zero-order chi connectivity index (χ0) is 18.8. The maximum absolute atomic E-state index is 13.6. The summed E-state index contributed by atoms with van der Waals surface area (Å²) in [6.07, 6.45) is 0. The predicted molar refractivity (Wildman–Crippen MR) is 113 cm³/mol. The highest BCUT2D eigenvalue weighted by molar-refractivity contribution is 7.26. The molecule has 27 heavy (non-hydrogen) atoms. The second-order valence-electron chi connectivity index (χ2n) is 6.29. The molecule has 0 aliphatic heterocycles. The molecule has 2 nitrogen and oxygen atoms in total. The Hall–Kier alpha value is -3.09. The average Bonchev–Trinajstić information content (AvgIpc) is 2.73. The lowest BCUT2D eigenvalue weighted by Gasteiger charge is -2.23. The number of hydrogen-bond acceptors (Lipinski definition) is 2. The first-order valence-electron chi connectivity index (χ1n) is 8.68. The highest BCUT2D eigenvalue weighted by Crippen LogP contribution is 2.41. The summed E-state index contributed by atoms with van der Waals surface area (Å²) in [7, 11) is 2.48. The lowest BCUT2D eigenvalue weighted by Crippen LogP contribution is -2.20. The predicted octanol–water partition coefficient (Wildman–Crippen LogP) is 5.04. The van der Waals surface area contributed by atoms with Crippen molar-refractivity contribution in [3.8, 4) is 0 Å². The first-order chi connectivity index (χ1) is 13.2. The monoisotopic (exact) mass is 368 g/mol. The molecule has 0 fully saturated rings. The summed E-state index contributed by atoms with van der Waals surface area (Å²) in [4.78, 5) is 26.9. The van der Waals surface area contributed by atoms with E-state index in [4.69, 9.17) is 0 Å². The molecular formula is C24H17O2P. The van der Waals surface area contributed by atoms with Crippen molar-refractivity contribution < 1.29 is 9.59 Å². The molecule has 130 valence electrons. The summed E-state index contributed by atoms with van der Waals surface area (Å²) >= 11 is 0. The van der Waals surface area contributed by atoms with Crippen LogP contribution < -0.4 is 0 Å². The summed E-state index contributed by atoms with van der Waals surface area (Å²) in [6, 6.07) is 28.2. The van der Waals surface area contributed by atoms with Crippen LogP contribution in [-0.2, 0) is 9.59 Å². The lowest BCUT2D eigenvalue weighted by molar-refractivity contribution is -0.112. The molecule has 0 bridgehead atoms. The van der Waals surface area contributed by atoms with Crippen LogP contribution in [0.25, 0.3) is 16.7 Å². The number of benzene rings is 3. The third-order valence-electron chi connectivity index (χ3n) is 4.63. The molecule has 3 heteroatoms. The molecule has 0 aromatic heterocycles. The first-order valence-corrected chi connectivity index (χ1v) is 9.26. The van der Waals surface area contributed by atoms with Crippen LogP contribution in [0.2, 0.25) is 0 Å². The number of rotatable bonds is 3. The molecule has 1 aliphatic carbocycles. The summed E-state index contributed by atoms with van der Waals surface area (Å²) in [6.45, 7) is 0. The summed E-state index contributed by atoms with van der Waals surface area (Å²) < 4.78 is 0. The zero-order valence-corrected chi connectivity index (χ0v) is 15.7. The standard InChI is InChI=1S/C24H17O2P/c25-22-19(16-10-4-1-5-11-16)20(17-12-6-2-7-13-17)23(26)24(27)21(22)18-14-8-3-9-15-18/h1-15H,27H2. The maximum atomic E-state index is 13.6. The Labute approximate surface area is 160 Å². The van der Waals surface area contributed by atoms with Crippen molar-refractivity contribution in [3.05, 3.63) is 113 Å². The van der Waals surface area contributed by atoms with Crippen LogP contribution in [-0.4, -0.2) is 11.6 Å². The van der Waals surface area contributed by atoms with Gasteiger partial charge in [0.25, 0.3) is 0 Å². The van der Waals surface area contributed by atoms with Gasteiger partial charge in [-0.3, -0.25) is 9.59 Å². The largest absolute Gasteiger partial charge is 0.289 e. The SMILES string of the molecule is O=C1C(P)=C(c2ccccc2)C(=O)C(c2ccccc2)=C1c1ccccc1. The van der Waals surface area contributed by atoms with Crippen molar-refractivity contribution >= 4 is 37.5 Å². The molecule has 1 atom stereocenters. The van der Waals surface area contributed by atoms with Gasteiger partial charge in [0.05, 0.1) is 0 Å². The zero-order valence-electron chi connectivity index (χ0n) is 14.6. The molecular weight excluding hydrogens is 351 g/mol. The third-order valence-corrected chi connectivity index (χ3v) is 5.18. The molecule has 0 saturated carbocycles. The average molecular weight is 368 g/mol. The second kappa shape index (κ2) is 7.26. The van der Waals surface area contributed by atoms with E-state index in [9.17, 15) is 9.59 Å². The minimum atomic E-state index is -0.136. The Bertz CT molecular complexity index is 1080. The molecule has 0 N–H and O–H groups in total. The Morgan fingerprint density at radius 3 is 1.19 bits per heavy atom. The van der Waals surface area contributed by atoms with Gasteiger partial charge in [0, 0.05) is 22.0 Å². The summed E-state index contributed by atoms with van der Waals surface area (Å²) in [5.74, 6) is -0.264. The van der Waals surface area contributed by atoms with Gasteiger partial charge in [-0.2, -0.15) is 0 Å². The highest BCUT2D eigenvalue weighted by atomic mass is 31.0. The summed E-state index contributed by atoms with van der Waals surface area (Å²) in [5, 5.41) is 0.407. The Kier molecular flexibility index (Phi) is 4.66. The number of hydrogen-bond donors (Lipinski definition) is 0. The molecule has 3 aromatic rings. The van der Waals surface area contributed by atoms with Crippen molar-refractivity contribution in [2.75, 3.05) is 0 Å². The van der Waals surface area contributed by atoms with Crippen LogP contribution in [0.15, 0.2) is 96.3 Å². The molecule has 1 aliphatic rings. The van der Waals surface area contributed by atoms with Crippen LogP contribution >= 0.6 is 9.24 Å². The summed E-state index contributed by atoms with van der Waals surface area (Å²) in [5.41, 5.74) is 3.61. The molecule has 0 heterocycles. The van der Waals surface area contributed by atoms with E-state index in [1.165, 1.54) is 0 Å². The Morgan fingerprint density at radius 1 is 0.444 bits per heavy atom. The van der Waals surface area contributed by atoms with E-state index in [1.54, 1.807) is 0 Å². The van der Waals surface area contributed by atoms with Crippen molar-refractivity contribution in [2.24, 2.45) is 0 Å². The topological polar surface area (TPSA) is 34.1 Å². The minimum absolute atomic E-state index is 0.129. The lowest BCUT2D eigenvalue weighted by atomic mass is 9.80. The fraction of sp³-hybridized carbons (Fsp3) is 0. The van der Waals surface area contributed by atoms with Gasteiger partial charge < -0.3 is 0 Å². The van der Waals surface area contributed by atoms with E-state index in [0.29, 0.717) is 22.0 Å². The number of carbonyl (C=O) groups excluding carboxylic acids is 2. The smallest absolute Gasteiger partial charge is 0.195 e. The van der Waals surface area contributed by atoms with Gasteiger partial charge in [-0.15, -0.1) is 9.24 Å². The molecule has 4 rings (SSSR count). The molecule has 0 saturated heterocycles. The maximum Gasteiger partial charge on any atom is 0.195 e. The Balaban J connectivity index is 2.00. The van der Waals surface area contributed by atoms with Crippen LogP contribution in [0.3, 0.4) is 0 Å². The molecule has 0 spiro atoms. The fourth-order valence-electron chi connectivity index (χ4n) is 3.37. The van der Waals surface area contributed by atoms with E-state index in [0.717, 1.165) is 16.7 Å². The van der Waals surface area contributed by atoms with Crippen molar-refractivity contribution in [1.29, 1.82) is 0 Å². The quantitative estimate of drug-likeness (QED) is 0.480. The van der Waals surface area contributed by atoms with Crippen LogP contribution in [0, 0.1) is 0 Å². The number of carbonyl (C=O) groups is 2. The van der Waals surface area contributed by atoms with Gasteiger partial charge in [-0.05, 0) is 16.7 Å². The van der Waals surface area contributed by atoms with Gasteiger partial charge in [-0.1, -0.05) is 91.0 Å². The van der Waals surface area contributed by atoms with E-state index in [1.807, 2.05) is 91.0 Å². The van der Waals surface area contributed by atoms with Crippen LogP contribution in [0.1, 0.15) is 16.7 Å². The number of ketones is 2. The van der Waals surface area contributed by atoms with Gasteiger partial charge in [0.1, 0.15) is 0 Å². The van der Waals surface area contributed by atoms with E-state index in [-0.39, 0.29) is 11.6 Å². The van der Waals surface area contributed by atoms with E-state index < -0.39 is 0 Å². The van der Waals surface area contributed by atoms with Gasteiger partial charge in [0.15, 0.2) is 11.6 Å². The molecule has 3 aromatic carbocycles.